The van der Waals surface area contributed by atoms with Gasteiger partial charge in [0.25, 0.3) is 0 Å². The summed E-state index contributed by atoms with van der Waals surface area (Å²) in [5, 5.41) is 3.37. The van der Waals surface area contributed by atoms with E-state index in [0.29, 0.717) is 6.04 Å². The van der Waals surface area contributed by atoms with Gasteiger partial charge in [0.05, 0.1) is 18.6 Å². The van der Waals surface area contributed by atoms with E-state index in [2.05, 4.69) is 28.7 Å². The fourth-order valence-electron chi connectivity index (χ4n) is 1.37. The molecule has 1 aromatic rings. The second-order valence-electron chi connectivity index (χ2n) is 3.41. The van der Waals surface area contributed by atoms with Gasteiger partial charge in [-0.2, -0.15) is 0 Å². The predicted octanol–water partition coefficient (Wildman–Crippen LogP) is 1.03. The van der Waals surface area contributed by atoms with Crippen LogP contribution in [0.1, 0.15) is 19.5 Å². The van der Waals surface area contributed by atoms with E-state index in [9.17, 15) is 0 Å². The van der Waals surface area contributed by atoms with Gasteiger partial charge in [0, 0.05) is 32.4 Å². The lowest BCUT2D eigenvalue weighted by molar-refractivity contribution is 0.171. The summed E-state index contributed by atoms with van der Waals surface area (Å²) < 4.78 is 7.18. The molecule has 1 aromatic heterocycles. The number of ether oxygens (including phenoxy) is 1. The lowest BCUT2D eigenvalue weighted by Gasteiger charge is -2.13. The Morgan fingerprint density at radius 3 is 3.07 bits per heavy atom. The summed E-state index contributed by atoms with van der Waals surface area (Å²) >= 11 is 0. The number of methoxy groups -OCH3 is 1. The maximum atomic E-state index is 5.05. The minimum atomic E-state index is 0.375. The number of nitrogens with zero attached hydrogens (tertiary/aromatic N) is 2. The molecule has 1 unspecified atom stereocenters. The van der Waals surface area contributed by atoms with Crippen molar-refractivity contribution >= 4 is 0 Å². The van der Waals surface area contributed by atoms with Gasteiger partial charge >= 0.3 is 0 Å². The largest absolute Gasteiger partial charge is 0.383 e. The maximum Gasteiger partial charge on any atom is 0.0948 e. The molecule has 0 bridgehead atoms. The minimum Gasteiger partial charge on any atom is -0.383 e. The van der Waals surface area contributed by atoms with Crippen LogP contribution in [0.15, 0.2) is 12.5 Å². The average Bonchev–Trinajstić information content (AvgIpc) is 2.62. The highest BCUT2D eigenvalue weighted by Crippen LogP contribution is 1.99. The molecule has 0 saturated heterocycles. The molecule has 14 heavy (non-hydrogen) atoms. The summed E-state index contributed by atoms with van der Waals surface area (Å²) in [6.45, 7) is 6.77. The van der Waals surface area contributed by atoms with Crippen molar-refractivity contribution in [2.75, 3.05) is 13.7 Å². The molecule has 0 aromatic carbocycles. The number of rotatable bonds is 6. The summed E-state index contributed by atoms with van der Waals surface area (Å²) in [5.74, 6) is 0. The number of aromatic nitrogens is 2. The average molecular weight is 197 g/mol. The second-order valence-corrected chi connectivity index (χ2v) is 3.41. The first-order valence-corrected chi connectivity index (χ1v) is 4.99. The molecule has 80 valence electrons. The van der Waals surface area contributed by atoms with Crippen LogP contribution in [0.5, 0.6) is 0 Å². The molecule has 4 nitrogen and oxygen atoms in total. The number of imidazole rings is 1. The van der Waals surface area contributed by atoms with Gasteiger partial charge in [-0.05, 0) is 13.8 Å². The Morgan fingerprint density at radius 2 is 2.43 bits per heavy atom. The third-order valence-corrected chi connectivity index (χ3v) is 2.19. The molecule has 0 aliphatic carbocycles. The zero-order chi connectivity index (χ0) is 10.4. The van der Waals surface area contributed by atoms with E-state index in [1.54, 1.807) is 7.11 Å². The lowest BCUT2D eigenvalue weighted by Crippen LogP contribution is -2.30. The Bertz CT molecular complexity index is 260. The maximum absolute atomic E-state index is 5.05. The van der Waals surface area contributed by atoms with Gasteiger partial charge < -0.3 is 14.6 Å². The fourth-order valence-corrected chi connectivity index (χ4v) is 1.37. The van der Waals surface area contributed by atoms with Gasteiger partial charge in [0.2, 0.25) is 0 Å². The molecule has 0 fully saturated rings. The molecule has 0 aliphatic heterocycles. The summed E-state index contributed by atoms with van der Waals surface area (Å²) in [7, 11) is 1.72. The van der Waals surface area contributed by atoms with Crippen LogP contribution in [-0.2, 0) is 17.8 Å². The van der Waals surface area contributed by atoms with Crippen LogP contribution >= 0.6 is 0 Å². The van der Waals surface area contributed by atoms with Gasteiger partial charge in [-0.3, -0.25) is 0 Å². The number of hydrogen-bond donors (Lipinski definition) is 1. The Labute approximate surface area is 85.3 Å². The van der Waals surface area contributed by atoms with Crippen LogP contribution in [0.2, 0.25) is 0 Å². The molecule has 0 saturated carbocycles. The fraction of sp³-hybridized carbons (Fsp3) is 0.700. The van der Waals surface area contributed by atoms with Crippen LogP contribution < -0.4 is 5.32 Å². The molecule has 0 radical (unpaired) electrons. The monoisotopic (exact) mass is 197 g/mol. The molecule has 1 rings (SSSR count). The van der Waals surface area contributed by atoms with Crippen molar-refractivity contribution in [3.05, 3.63) is 18.2 Å². The van der Waals surface area contributed by atoms with E-state index < -0.39 is 0 Å². The van der Waals surface area contributed by atoms with Gasteiger partial charge in [-0.15, -0.1) is 0 Å². The Balaban J connectivity index is 2.37. The number of nitrogens with one attached hydrogen (secondary N) is 1. The topological polar surface area (TPSA) is 39.1 Å². The quantitative estimate of drug-likeness (QED) is 0.740. The number of aryl methyl sites for hydroxylation is 1. The van der Waals surface area contributed by atoms with E-state index in [-0.39, 0.29) is 0 Å². The van der Waals surface area contributed by atoms with Crippen molar-refractivity contribution in [3.8, 4) is 0 Å². The number of hydrogen-bond acceptors (Lipinski definition) is 3. The summed E-state index contributed by atoms with van der Waals surface area (Å²) in [6.07, 6.45) is 3.76. The predicted molar refractivity (Wildman–Crippen MR) is 56.1 cm³/mol. The Morgan fingerprint density at radius 1 is 1.64 bits per heavy atom. The van der Waals surface area contributed by atoms with E-state index >= 15 is 0 Å². The summed E-state index contributed by atoms with van der Waals surface area (Å²) in [4.78, 5) is 4.11. The minimum absolute atomic E-state index is 0.375. The van der Waals surface area contributed by atoms with Crippen molar-refractivity contribution < 1.29 is 4.74 Å². The molecule has 0 spiro atoms. The van der Waals surface area contributed by atoms with Crippen LogP contribution in [-0.4, -0.2) is 29.3 Å². The van der Waals surface area contributed by atoms with Gasteiger partial charge in [0.1, 0.15) is 0 Å². The SMILES string of the molecule is CCn1cncc1CNC(C)COC. The smallest absolute Gasteiger partial charge is 0.0948 e. The highest BCUT2D eigenvalue weighted by atomic mass is 16.5. The van der Waals surface area contributed by atoms with E-state index in [4.69, 9.17) is 4.74 Å². The first-order chi connectivity index (χ1) is 6.77. The van der Waals surface area contributed by atoms with Crippen LogP contribution in [0.4, 0.5) is 0 Å². The highest BCUT2D eigenvalue weighted by molar-refractivity contribution is 4.97. The van der Waals surface area contributed by atoms with Gasteiger partial charge in [-0.25, -0.2) is 4.98 Å². The van der Waals surface area contributed by atoms with Gasteiger partial charge in [0.15, 0.2) is 0 Å². The van der Waals surface area contributed by atoms with Crippen molar-refractivity contribution in [2.24, 2.45) is 0 Å². The molecule has 0 amide bonds. The zero-order valence-corrected chi connectivity index (χ0v) is 9.16. The van der Waals surface area contributed by atoms with E-state index in [1.165, 1.54) is 5.69 Å². The zero-order valence-electron chi connectivity index (χ0n) is 9.16. The van der Waals surface area contributed by atoms with Crippen LogP contribution in [0.3, 0.4) is 0 Å². The van der Waals surface area contributed by atoms with Crippen LogP contribution in [0.25, 0.3) is 0 Å². The third kappa shape index (κ3) is 3.12. The van der Waals surface area contributed by atoms with E-state index in [1.807, 2.05) is 12.5 Å². The molecule has 1 N–H and O–H groups in total. The van der Waals surface area contributed by atoms with Crippen molar-refractivity contribution in [1.29, 1.82) is 0 Å². The molecule has 1 heterocycles. The van der Waals surface area contributed by atoms with Crippen molar-refractivity contribution in [3.63, 3.8) is 0 Å². The Hall–Kier alpha value is -0.870. The van der Waals surface area contributed by atoms with Crippen molar-refractivity contribution in [1.82, 2.24) is 14.9 Å². The molecule has 4 heteroatoms. The molecule has 0 aliphatic rings. The lowest BCUT2D eigenvalue weighted by atomic mass is 10.3. The first-order valence-electron chi connectivity index (χ1n) is 4.99. The van der Waals surface area contributed by atoms with Crippen molar-refractivity contribution in [2.45, 2.75) is 33.0 Å². The Kier molecular flexibility index (Phi) is 4.62. The van der Waals surface area contributed by atoms with Crippen LogP contribution in [0, 0.1) is 0 Å². The standard InChI is InChI=1S/C10H19N3O/c1-4-13-8-11-5-10(13)6-12-9(2)7-14-3/h5,8-9,12H,4,6-7H2,1-3H3. The second kappa shape index (κ2) is 5.78. The molecular weight excluding hydrogens is 178 g/mol. The van der Waals surface area contributed by atoms with Gasteiger partial charge in [-0.1, -0.05) is 0 Å². The highest BCUT2D eigenvalue weighted by Gasteiger charge is 2.03. The third-order valence-electron chi connectivity index (χ3n) is 2.19. The summed E-state index contributed by atoms with van der Waals surface area (Å²) in [6, 6.07) is 0.375. The summed E-state index contributed by atoms with van der Waals surface area (Å²) in [5.41, 5.74) is 1.22. The molecular formula is C10H19N3O. The normalized spacial score (nSPS) is 13.1. The molecule has 1 atom stereocenters. The first kappa shape index (κ1) is 11.2. The van der Waals surface area contributed by atoms with E-state index in [0.717, 1.165) is 19.7 Å².